The molecule has 5 nitrogen and oxygen atoms in total. The summed E-state index contributed by atoms with van der Waals surface area (Å²) in [5.41, 5.74) is 7.35. The summed E-state index contributed by atoms with van der Waals surface area (Å²) in [6.45, 7) is 12.0. The molecule has 1 saturated carbocycles. The lowest BCUT2D eigenvalue weighted by atomic mass is 10.0. The van der Waals surface area contributed by atoms with Crippen molar-refractivity contribution in [2.45, 2.75) is 34.6 Å². The van der Waals surface area contributed by atoms with Crippen LogP contribution in [0.4, 0.5) is 11.5 Å². The van der Waals surface area contributed by atoms with E-state index in [0.29, 0.717) is 40.4 Å². The average Bonchev–Trinajstić information content (AvgIpc) is 2.79. The fraction of sp³-hybridized carbons (Fsp3) is 0.625. The van der Waals surface area contributed by atoms with Gasteiger partial charge in [-0.25, -0.2) is 9.78 Å². The standard InChI is InChI=1S/C16H25N3O2/c1-6-21-14(20)10-7-8-18-13(12(10)17)19-9-11-15(2,3)16(11,4)5/h7-8,11H,6,9,17H2,1-5H3,(H,18,19). The monoisotopic (exact) mass is 291 g/mol. The van der Waals surface area contributed by atoms with Crippen LogP contribution in [0, 0.1) is 16.7 Å². The molecule has 0 saturated heterocycles. The summed E-state index contributed by atoms with van der Waals surface area (Å²) < 4.78 is 4.99. The van der Waals surface area contributed by atoms with Crippen LogP contribution in [0.15, 0.2) is 12.3 Å². The van der Waals surface area contributed by atoms with Gasteiger partial charge in [-0.1, -0.05) is 27.7 Å². The number of hydrogen-bond donors (Lipinski definition) is 2. The maximum atomic E-state index is 11.8. The number of esters is 1. The number of carbonyl (C=O) groups is 1. The molecular formula is C16H25N3O2. The molecule has 0 radical (unpaired) electrons. The highest BCUT2D eigenvalue weighted by Crippen LogP contribution is 2.68. The summed E-state index contributed by atoms with van der Waals surface area (Å²) in [4.78, 5) is 16.0. The first-order valence-corrected chi connectivity index (χ1v) is 7.39. The SMILES string of the molecule is CCOC(=O)c1ccnc(NCC2C(C)(C)C2(C)C)c1N. The van der Waals surface area contributed by atoms with Crippen molar-refractivity contribution in [3.63, 3.8) is 0 Å². The Morgan fingerprint density at radius 1 is 1.38 bits per heavy atom. The molecule has 0 unspecified atom stereocenters. The van der Waals surface area contributed by atoms with Gasteiger partial charge in [0.15, 0.2) is 0 Å². The Balaban J connectivity index is 2.09. The number of nitrogens with zero attached hydrogens (tertiary/aromatic N) is 1. The number of pyridine rings is 1. The zero-order valence-electron chi connectivity index (χ0n) is 13.5. The van der Waals surface area contributed by atoms with Crippen molar-refractivity contribution in [2.24, 2.45) is 16.7 Å². The molecule has 1 aromatic rings. The smallest absolute Gasteiger partial charge is 0.340 e. The van der Waals surface area contributed by atoms with Gasteiger partial charge in [0.05, 0.1) is 17.9 Å². The second-order valence-corrected chi connectivity index (χ2v) is 6.72. The minimum atomic E-state index is -0.410. The Morgan fingerprint density at radius 3 is 2.52 bits per heavy atom. The van der Waals surface area contributed by atoms with Crippen molar-refractivity contribution >= 4 is 17.5 Å². The summed E-state index contributed by atoms with van der Waals surface area (Å²) >= 11 is 0. The highest BCUT2D eigenvalue weighted by Gasteiger charge is 2.64. The topological polar surface area (TPSA) is 77.2 Å². The molecule has 0 spiro atoms. The largest absolute Gasteiger partial charge is 0.462 e. The third kappa shape index (κ3) is 2.57. The van der Waals surface area contributed by atoms with Crippen LogP contribution in [0.1, 0.15) is 45.0 Å². The van der Waals surface area contributed by atoms with Crippen molar-refractivity contribution in [1.29, 1.82) is 0 Å². The van der Waals surface area contributed by atoms with Gasteiger partial charge < -0.3 is 15.8 Å². The molecule has 2 rings (SSSR count). The van der Waals surface area contributed by atoms with Crippen LogP contribution in [0.5, 0.6) is 0 Å². The third-order valence-electron chi connectivity index (χ3n) is 5.28. The Labute approximate surface area is 126 Å². The summed E-state index contributed by atoms with van der Waals surface area (Å²) in [6, 6.07) is 1.59. The Hall–Kier alpha value is -1.78. The molecule has 1 aliphatic carbocycles. The van der Waals surface area contributed by atoms with Crippen molar-refractivity contribution in [3.8, 4) is 0 Å². The maximum absolute atomic E-state index is 11.8. The van der Waals surface area contributed by atoms with Crippen LogP contribution in [0.2, 0.25) is 0 Å². The predicted octanol–water partition coefficient (Wildman–Crippen LogP) is 2.93. The third-order valence-corrected chi connectivity index (χ3v) is 5.28. The molecule has 1 aromatic heterocycles. The average molecular weight is 291 g/mol. The van der Waals surface area contributed by atoms with Gasteiger partial charge in [0.1, 0.15) is 5.82 Å². The lowest BCUT2D eigenvalue weighted by molar-refractivity contribution is 0.0527. The number of aromatic nitrogens is 1. The molecule has 0 aliphatic heterocycles. The molecule has 0 amide bonds. The van der Waals surface area contributed by atoms with E-state index in [1.54, 1.807) is 19.2 Å². The highest BCUT2D eigenvalue weighted by molar-refractivity contribution is 5.97. The number of nitrogen functional groups attached to an aromatic ring is 1. The van der Waals surface area contributed by atoms with E-state index in [4.69, 9.17) is 10.5 Å². The second-order valence-electron chi connectivity index (χ2n) is 6.72. The van der Waals surface area contributed by atoms with E-state index in [9.17, 15) is 4.79 Å². The Bertz CT molecular complexity index is 538. The lowest BCUT2D eigenvalue weighted by Gasteiger charge is -2.12. The minimum Gasteiger partial charge on any atom is -0.462 e. The zero-order chi connectivity index (χ0) is 15.8. The van der Waals surface area contributed by atoms with Crippen LogP contribution in [0.3, 0.4) is 0 Å². The van der Waals surface area contributed by atoms with Gasteiger partial charge in [-0.3, -0.25) is 0 Å². The zero-order valence-corrected chi connectivity index (χ0v) is 13.5. The molecule has 1 heterocycles. The molecular weight excluding hydrogens is 266 g/mol. The summed E-state index contributed by atoms with van der Waals surface area (Å²) in [5.74, 6) is 0.698. The molecule has 0 bridgehead atoms. The van der Waals surface area contributed by atoms with Crippen LogP contribution in [-0.4, -0.2) is 24.1 Å². The van der Waals surface area contributed by atoms with E-state index in [1.807, 2.05) is 0 Å². The summed E-state index contributed by atoms with van der Waals surface area (Å²) in [6.07, 6.45) is 1.58. The number of nitrogens with two attached hydrogens (primary N) is 1. The maximum Gasteiger partial charge on any atom is 0.340 e. The fourth-order valence-corrected chi connectivity index (χ4v) is 3.04. The predicted molar refractivity (Wildman–Crippen MR) is 84.1 cm³/mol. The van der Waals surface area contributed by atoms with Crippen LogP contribution >= 0.6 is 0 Å². The van der Waals surface area contributed by atoms with E-state index < -0.39 is 5.97 Å². The number of anilines is 2. The van der Waals surface area contributed by atoms with Gasteiger partial charge in [0.2, 0.25) is 0 Å². The minimum absolute atomic E-state index is 0.299. The highest BCUT2D eigenvalue weighted by atomic mass is 16.5. The summed E-state index contributed by atoms with van der Waals surface area (Å²) in [5, 5.41) is 3.28. The molecule has 0 aromatic carbocycles. The first kappa shape index (κ1) is 15.6. The second kappa shape index (κ2) is 5.20. The first-order valence-electron chi connectivity index (χ1n) is 7.39. The number of ether oxygens (including phenoxy) is 1. The van der Waals surface area contributed by atoms with E-state index in [1.165, 1.54) is 0 Å². The number of rotatable bonds is 5. The Morgan fingerprint density at radius 2 is 2.00 bits per heavy atom. The van der Waals surface area contributed by atoms with Gasteiger partial charge in [-0.2, -0.15) is 0 Å². The summed E-state index contributed by atoms with van der Waals surface area (Å²) in [7, 11) is 0. The van der Waals surface area contributed by atoms with Gasteiger partial charge >= 0.3 is 5.97 Å². The quantitative estimate of drug-likeness (QED) is 0.816. The number of carbonyl (C=O) groups excluding carboxylic acids is 1. The first-order chi connectivity index (χ1) is 9.73. The van der Waals surface area contributed by atoms with Gasteiger partial charge in [-0.15, -0.1) is 0 Å². The molecule has 21 heavy (non-hydrogen) atoms. The van der Waals surface area contributed by atoms with Crippen LogP contribution < -0.4 is 11.1 Å². The number of nitrogens with one attached hydrogen (secondary N) is 1. The van der Waals surface area contributed by atoms with Crippen molar-refractivity contribution in [1.82, 2.24) is 4.98 Å². The number of hydrogen-bond acceptors (Lipinski definition) is 5. The molecule has 5 heteroatoms. The molecule has 3 N–H and O–H groups in total. The van der Waals surface area contributed by atoms with Crippen molar-refractivity contribution in [3.05, 3.63) is 17.8 Å². The van der Waals surface area contributed by atoms with E-state index in [-0.39, 0.29) is 0 Å². The van der Waals surface area contributed by atoms with Crippen molar-refractivity contribution in [2.75, 3.05) is 24.2 Å². The van der Waals surface area contributed by atoms with E-state index in [0.717, 1.165) is 6.54 Å². The molecule has 116 valence electrons. The fourth-order valence-electron chi connectivity index (χ4n) is 3.04. The normalized spacial score (nSPS) is 19.1. The van der Waals surface area contributed by atoms with Gasteiger partial charge in [-0.05, 0) is 29.7 Å². The van der Waals surface area contributed by atoms with E-state index in [2.05, 4.69) is 38.0 Å². The van der Waals surface area contributed by atoms with Crippen LogP contribution in [-0.2, 0) is 4.74 Å². The van der Waals surface area contributed by atoms with E-state index >= 15 is 0 Å². The molecule has 0 atom stereocenters. The van der Waals surface area contributed by atoms with Gasteiger partial charge in [0.25, 0.3) is 0 Å². The lowest BCUT2D eigenvalue weighted by Crippen LogP contribution is -2.14. The van der Waals surface area contributed by atoms with Crippen LogP contribution in [0.25, 0.3) is 0 Å². The molecule has 1 fully saturated rings. The Kier molecular flexibility index (Phi) is 3.87. The van der Waals surface area contributed by atoms with Gasteiger partial charge in [0, 0.05) is 12.7 Å². The molecule has 1 aliphatic rings. The van der Waals surface area contributed by atoms with Crippen molar-refractivity contribution < 1.29 is 9.53 Å².